The topological polar surface area (TPSA) is 32.8 Å². The van der Waals surface area contributed by atoms with Crippen LogP contribution in [0.5, 0.6) is 0 Å². The molecule has 2 atom stereocenters. The Kier molecular flexibility index (Phi) is 4.38. The summed E-state index contributed by atoms with van der Waals surface area (Å²) in [6.07, 6.45) is 2.46. The van der Waals surface area contributed by atoms with E-state index in [1.54, 1.807) is 11.3 Å². The van der Waals surface area contributed by atoms with Crippen molar-refractivity contribution < 1.29 is 9.53 Å². The minimum absolute atomic E-state index is 0.239. The lowest BCUT2D eigenvalue weighted by Crippen LogP contribution is -2.46. The summed E-state index contributed by atoms with van der Waals surface area (Å²) in [5.74, 6) is 0.273. The second kappa shape index (κ2) is 6.24. The van der Waals surface area contributed by atoms with E-state index in [-0.39, 0.29) is 12.0 Å². The van der Waals surface area contributed by atoms with Crippen LogP contribution < -0.4 is 0 Å². The Morgan fingerprint density at radius 2 is 2.40 bits per heavy atom. The molecule has 1 aromatic rings. The van der Waals surface area contributed by atoms with Crippen molar-refractivity contribution in [3.05, 3.63) is 22.4 Å². The molecule has 0 radical (unpaired) electrons. The number of hydrogen-bond acceptors (Lipinski definition) is 4. The molecule has 4 nitrogen and oxygen atoms in total. The SMILES string of the molecule is C[C@H]1CN(CC(=O)N2CCC[C@H]2c2cccs2)CCO1. The number of hydrogen-bond donors (Lipinski definition) is 0. The Hall–Kier alpha value is -0.910. The molecule has 0 saturated carbocycles. The number of likely N-dealkylation sites (tertiary alicyclic amines) is 1. The van der Waals surface area contributed by atoms with Crippen molar-refractivity contribution in [1.82, 2.24) is 9.80 Å². The van der Waals surface area contributed by atoms with E-state index in [0.29, 0.717) is 12.6 Å². The molecule has 3 rings (SSSR count). The number of amides is 1. The number of morpholine rings is 1. The summed E-state index contributed by atoms with van der Waals surface area (Å²) in [6.45, 7) is 5.98. The van der Waals surface area contributed by atoms with Gasteiger partial charge in [0.15, 0.2) is 0 Å². The highest BCUT2D eigenvalue weighted by molar-refractivity contribution is 7.10. The van der Waals surface area contributed by atoms with Crippen LogP contribution in [-0.2, 0) is 9.53 Å². The fraction of sp³-hybridized carbons (Fsp3) is 0.667. The van der Waals surface area contributed by atoms with Gasteiger partial charge in [-0.3, -0.25) is 9.69 Å². The molecule has 2 aliphatic rings. The van der Waals surface area contributed by atoms with Gasteiger partial charge in [-0.05, 0) is 31.2 Å². The van der Waals surface area contributed by atoms with Crippen molar-refractivity contribution in [2.75, 3.05) is 32.8 Å². The van der Waals surface area contributed by atoms with Crippen LogP contribution in [0.25, 0.3) is 0 Å². The Balaban J connectivity index is 1.61. The normalized spacial score (nSPS) is 27.9. The first-order valence-electron chi connectivity index (χ1n) is 7.41. The second-order valence-corrected chi connectivity index (χ2v) is 6.66. The van der Waals surface area contributed by atoms with Crippen LogP contribution in [0.15, 0.2) is 17.5 Å². The number of carbonyl (C=O) groups is 1. The van der Waals surface area contributed by atoms with Gasteiger partial charge in [-0.25, -0.2) is 0 Å². The maximum Gasteiger partial charge on any atom is 0.237 e. The third kappa shape index (κ3) is 3.05. The van der Waals surface area contributed by atoms with Crippen LogP contribution in [0.1, 0.15) is 30.7 Å². The average molecular weight is 294 g/mol. The molecule has 5 heteroatoms. The minimum Gasteiger partial charge on any atom is -0.376 e. The van der Waals surface area contributed by atoms with E-state index in [4.69, 9.17) is 4.74 Å². The number of ether oxygens (including phenoxy) is 1. The number of carbonyl (C=O) groups excluding carboxylic acids is 1. The van der Waals surface area contributed by atoms with E-state index >= 15 is 0 Å². The lowest BCUT2D eigenvalue weighted by Gasteiger charge is -2.33. The summed E-state index contributed by atoms with van der Waals surface area (Å²) >= 11 is 1.76. The van der Waals surface area contributed by atoms with Gasteiger partial charge in [0, 0.05) is 24.5 Å². The molecule has 0 unspecified atom stereocenters. The number of nitrogens with zero attached hydrogens (tertiary/aromatic N) is 2. The Morgan fingerprint density at radius 1 is 1.50 bits per heavy atom. The highest BCUT2D eigenvalue weighted by Crippen LogP contribution is 2.34. The average Bonchev–Trinajstić information content (AvgIpc) is 3.09. The molecule has 2 fully saturated rings. The van der Waals surface area contributed by atoms with Crippen LogP contribution in [0, 0.1) is 0 Å². The van der Waals surface area contributed by atoms with Gasteiger partial charge in [-0.15, -0.1) is 11.3 Å². The molecule has 3 heterocycles. The lowest BCUT2D eigenvalue weighted by molar-refractivity contribution is -0.135. The van der Waals surface area contributed by atoms with Crippen molar-refractivity contribution in [3.63, 3.8) is 0 Å². The maximum atomic E-state index is 12.6. The zero-order valence-electron chi connectivity index (χ0n) is 12.0. The van der Waals surface area contributed by atoms with Gasteiger partial charge in [0.2, 0.25) is 5.91 Å². The van der Waals surface area contributed by atoms with Crippen LogP contribution in [0.2, 0.25) is 0 Å². The molecule has 2 aliphatic heterocycles. The standard InChI is InChI=1S/C15H22N2O2S/c1-12-10-16(7-8-19-12)11-15(18)17-6-2-4-13(17)14-5-3-9-20-14/h3,5,9,12-13H,2,4,6-8,10-11H2,1H3/t12-,13-/m0/s1. The Bertz CT molecular complexity index is 449. The molecule has 110 valence electrons. The second-order valence-electron chi connectivity index (χ2n) is 5.68. The maximum absolute atomic E-state index is 12.6. The van der Waals surface area contributed by atoms with E-state index in [0.717, 1.165) is 39.1 Å². The van der Waals surface area contributed by atoms with Crippen LogP contribution in [0.3, 0.4) is 0 Å². The number of thiophene rings is 1. The van der Waals surface area contributed by atoms with Gasteiger partial charge in [-0.1, -0.05) is 6.07 Å². The van der Waals surface area contributed by atoms with Crippen molar-refractivity contribution in [2.45, 2.75) is 31.9 Å². The molecule has 2 saturated heterocycles. The molecular formula is C15H22N2O2S. The lowest BCUT2D eigenvalue weighted by atomic mass is 10.2. The van der Waals surface area contributed by atoms with Gasteiger partial charge >= 0.3 is 0 Å². The summed E-state index contributed by atoms with van der Waals surface area (Å²) < 4.78 is 5.53. The molecular weight excluding hydrogens is 272 g/mol. The smallest absolute Gasteiger partial charge is 0.237 e. The van der Waals surface area contributed by atoms with Crippen molar-refractivity contribution in [1.29, 1.82) is 0 Å². The van der Waals surface area contributed by atoms with Crippen molar-refractivity contribution >= 4 is 17.2 Å². The first-order valence-corrected chi connectivity index (χ1v) is 8.29. The zero-order chi connectivity index (χ0) is 13.9. The minimum atomic E-state index is 0.239. The summed E-state index contributed by atoms with van der Waals surface area (Å²) in [7, 11) is 0. The van der Waals surface area contributed by atoms with E-state index in [1.807, 2.05) is 0 Å². The Morgan fingerprint density at radius 3 is 3.15 bits per heavy atom. The van der Waals surface area contributed by atoms with Crippen LogP contribution in [0.4, 0.5) is 0 Å². The van der Waals surface area contributed by atoms with E-state index < -0.39 is 0 Å². The van der Waals surface area contributed by atoms with E-state index in [2.05, 4.69) is 34.2 Å². The first-order chi connectivity index (χ1) is 9.74. The van der Waals surface area contributed by atoms with Crippen LogP contribution >= 0.6 is 11.3 Å². The van der Waals surface area contributed by atoms with Crippen molar-refractivity contribution in [3.8, 4) is 0 Å². The fourth-order valence-corrected chi connectivity index (χ4v) is 4.03. The fourth-order valence-electron chi connectivity index (χ4n) is 3.16. The zero-order valence-corrected chi connectivity index (χ0v) is 12.8. The van der Waals surface area contributed by atoms with Gasteiger partial charge in [0.25, 0.3) is 0 Å². The van der Waals surface area contributed by atoms with E-state index in [1.165, 1.54) is 4.88 Å². The summed E-state index contributed by atoms with van der Waals surface area (Å²) in [4.78, 5) is 18.2. The Labute approximate surface area is 124 Å². The number of rotatable bonds is 3. The largest absolute Gasteiger partial charge is 0.376 e. The van der Waals surface area contributed by atoms with Crippen LogP contribution in [-0.4, -0.2) is 54.6 Å². The van der Waals surface area contributed by atoms with Gasteiger partial charge in [0.05, 0.1) is 25.3 Å². The highest BCUT2D eigenvalue weighted by Gasteiger charge is 2.31. The molecule has 1 amide bonds. The first kappa shape index (κ1) is 14.0. The van der Waals surface area contributed by atoms with Crippen molar-refractivity contribution in [2.24, 2.45) is 0 Å². The summed E-state index contributed by atoms with van der Waals surface area (Å²) in [5, 5.41) is 2.10. The quantitative estimate of drug-likeness (QED) is 0.856. The third-order valence-corrected chi connectivity index (χ3v) is 5.10. The predicted octanol–water partition coefficient (Wildman–Crippen LogP) is 2.13. The van der Waals surface area contributed by atoms with Gasteiger partial charge in [-0.2, -0.15) is 0 Å². The van der Waals surface area contributed by atoms with E-state index in [9.17, 15) is 4.79 Å². The molecule has 1 aromatic heterocycles. The summed E-state index contributed by atoms with van der Waals surface area (Å²) in [6, 6.07) is 4.53. The third-order valence-electron chi connectivity index (χ3n) is 4.13. The van der Waals surface area contributed by atoms with Gasteiger partial charge in [0.1, 0.15) is 0 Å². The monoisotopic (exact) mass is 294 g/mol. The van der Waals surface area contributed by atoms with Gasteiger partial charge < -0.3 is 9.64 Å². The molecule has 0 bridgehead atoms. The highest BCUT2D eigenvalue weighted by atomic mass is 32.1. The molecule has 0 aliphatic carbocycles. The molecule has 20 heavy (non-hydrogen) atoms. The molecule has 0 aromatic carbocycles. The predicted molar refractivity (Wildman–Crippen MR) is 79.9 cm³/mol. The molecule has 0 N–H and O–H groups in total. The molecule has 0 spiro atoms. The summed E-state index contributed by atoms with van der Waals surface area (Å²) in [5.41, 5.74) is 0.